The molecule has 2 saturated heterocycles. The van der Waals surface area contributed by atoms with E-state index in [2.05, 4.69) is 36.1 Å². The largest absolute Gasteiger partial charge is 0.369 e. The third-order valence-corrected chi connectivity index (χ3v) is 7.35. The molecule has 0 aliphatic carbocycles. The van der Waals surface area contributed by atoms with Crippen LogP contribution in [0, 0.1) is 5.41 Å². The van der Waals surface area contributed by atoms with E-state index in [1.807, 2.05) is 29.5 Å². The van der Waals surface area contributed by atoms with Crippen molar-refractivity contribution in [2.24, 2.45) is 11.1 Å². The topological polar surface area (TPSA) is 46.3 Å². The molecule has 1 aromatic carbocycles. The van der Waals surface area contributed by atoms with Crippen LogP contribution in [0.25, 0.3) is 0 Å². The first-order chi connectivity index (χ1) is 12.1. The van der Waals surface area contributed by atoms with Gasteiger partial charge in [-0.15, -0.1) is 11.3 Å². The number of thiophene rings is 1. The first-order valence-corrected chi connectivity index (χ1v) is 10.1. The summed E-state index contributed by atoms with van der Waals surface area (Å²) < 4.78 is 0. The zero-order valence-corrected chi connectivity index (χ0v) is 15.6. The van der Waals surface area contributed by atoms with E-state index in [4.69, 9.17) is 5.73 Å². The van der Waals surface area contributed by atoms with Crippen LogP contribution in [-0.4, -0.2) is 22.9 Å². The summed E-state index contributed by atoms with van der Waals surface area (Å²) in [5, 5.41) is 0. The van der Waals surface area contributed by atoms with Crippen LogP contribution in [-0.2, 0) is 24.2 Å². The highest BCUT2D eigenvalue weighted by molar-refractivity contribution is 7.11. The summed E-state index contributed by atoms with van der Waals surface area (Å²) in [6.07, 6.45) is 5.06. The van der Waals surface area contributed by atoms with E-state index in [1.165, 1.54) is 21.7 Å². The number of benzene rings is 1. The lowest BCUT2D eigenvalue weighted by Gasteiger charge is -2.35. The van der Waals surface area contributed by atoms with Crippen molar-refractivity contribution in [3.05, 3.63) is 57.8 Å². The van der Waals surface area contributed by atoms with Gasteiger partial charge in [-0.05, 0) is 49.8 Å². The number of amides is 1. The maximum Gasteiger partial charge on any atom is 0.225 e. The molecule has 3 heterocycles. The maximum atomic E-state index is 12.6. The van der Waals surface area contributed by atoms with Crippen molar-refractivity contribution in [2.45, 2.75) is 57.7 Å². The molecule has 2 N–H and O–H groups in total. The van der Waals surface area contributed by atoms with Crippen molar-refractivity contribution in [1.82, 2.24) is 4.90 Å². The van der Waals surface area contributed by atoms with Crippen molar-refractivity contribution in [3.8, 4) is 0 Å². The molecule has 2 aliphatic rings. The predicted octanol–water partition coefficient (Wildman–Crippen LogP) is 3.76. The van der Waals surface area contributed by atoms with E-state index < -0.39 is 5.41 Å². The van der Waals surface area contributed by atoms with Gasteiger partial charge in [0.1, 0.15) is 0 Å². The van der Waals surface area contributed by atoms with Crippen molar-refractivity contribution >= 4 is 17.2 Å². The molecule has 0 saturated carbocycles. The molecule has 2 fully saturated rings. The van der Waals surface area contributed by atoms with Crippen molar-refractivity contribution in [1.29, 1.82) is 0 Å². The Morgan fingerprint density at radius 3 is 2.64 bits per heavy atom. The van der Waals surface area contributed by atoms with Crippen LogP contribution in [0.1, 0.15) is 41.5 Å². The second-order valence-corrected chi connectivity index (χ2v) is 8.78. The van der Waals surface area contributed by atoms with Crippen LogP contribution in [0.2, 0.25) is 0 Å². The lowest BCUT2D eigenvalue weighted by Crippen LogP contribution is -2.48. The van der Waals surface area contributed by atoms with Gasteiger partial charge in [-0.1, -0.05) is 37.3 Å². The minimum Gasteiger partial charge on any atom is -0.369 e. The maximum absolute atomic E-state index is 12.6. The fourth-order valence-corrected chi connectivity index (χ4v) is 5.89. The molecule has 0 radical (unpaired) electrons. The van der Waals surface area contributed by atoms with Crippen LogP contribution in [0.3, 0.4) is 0 Å². The highest BCUT2D eigenvalue weighted by atomic mass is 32.1. The smallest absolute Gasteiger partial charge is 0.225 e. The second-order valence-electron chi connectivity index (χ2n) is 7.53. The average molecular weight is 355 g/mol. The molecule has 0 spiro atoms. The quantitative estimate of drug-likeness (QED) is 0.858. The lowest BCUT2D eigenvalue weighted by molar-refractivity contribution is -0.129. The molecule has 2 aromatic rings. The van der Waals surface area contributed by atoms with Gasteiger partial charge in [-0.2, -0.15) is 0 Å². The predicted molar refractivity (Wildman–Crippen MR) is 102 cm³/mol. The van der Waals surface area contributed by atoms with Gasteiger partial charge in [0.25, 0.3) is 0 Å². The number of fused-ring (bicyclic) bond motifs is 2. The van der Waals surface area contributed by atoms with Crippen LogP contribution in [0.4, 0.5) is 0 Å². The van der Waals surface area contributed by atoms with E-state index in [0.717, 1.165) is 32.2 Å². The Morgan fingerprint density at radius 2 is 1.96 bits per heavy atom. The summed E-state index contributed by atoms with van der Waals surface area (Å²) in [6.45, 7) is 3.16. The first-order valence-electron chi connectivity index (χ1n) is 9.29. The number of carbonyl (C=O) groups is 1. The Hall–Kier alpha value is -1.65. The molecule has 3 atom stereocenters. The number of rotatable bonds is 6. The Balaban J connectivity index is 1.59. The SMILES string of the molecule is CCc1ccc(CN2[C@H]3CC[C@@H]2[C@](Cc2ccccc2)(C(N)=O)C3)s1. The van der Waals surface area contributed by atoms with Gasteiger partial charge in [0.15, 0.2) is 0 Å². The van der Waals surface area contributed by atoms with E-state index >= 15 is 0 Å². The first kappa shape index (κ1) is 16.8. The van der Waals surface area contributed by atoms with Crippen LogP contribution in [0.15, 0.2) is 42.5 Å². The van der Waals surface area contributed by atoms with E-state index in [0.29, 0.717) is 6.04 Å². The van der Waals surface area contributed by atoms with E-state index in [-0.39, 0.29) is 11.9 Å². The normalized spacial score (nSPS) is 28.5. The number of primary amides is 1. The number of carbonyl (C=O) groups excluding carboxylic acids is 1. The fourth-order valence-electron chi connectivity index (χ4n) is 4.92. The highest BCUT2D eigenvalue weighted by Crippen LogP contribution is 2.52. The van der Waals surface area contributed by atoms with Crippen molar-refractivity contribution < 1.29 is 4.79 Å². The zero-order valence-electron chi connectivity index (χ0n) is 14.8. The number of aryl methyl sites for hydroxylation is 1. The summed E-state index contributed by atoms with van der Waals surface area (Å²) in [5.74, 6) is -0.117. The highest BCUT2D eigenvalue weighted by Gasteiger charge is 2.58. The number of nitrogens with zero attached hydrogens (tertiary/aromatic N) is 1. The zero-order chi connectivity index (χ0) is 17.4. The summed E-state index contributed by atoms with van der Waals surface area (Å²) >= 11 is 1.91. The molecule has 2 bridgehead atoms. The molecular weight excluding hydrogens is 328 g/mol. The minimum absolute atomic E-state index is 0.117. The van der Waals surface area contributed by atoms with E-state index in [9.17, 15) is 4.79 Å². The summed E-state index contributed by atoms with van der Waals surface area (Å²) in [7, 11) is 0. The summed E-state index contributed by atoms with van der Waals surface area (Å²) in [6, 6.07) is 15.6. The molecule has 1 aromatic heterocycles. The second kappa shape index (κ2) is 6.58. The van der Waals surface area contributed by atoms with Crippen molar-refractivity contribution in [2.75, 3.05) is 0 Å². The Kier molecular flexibility index (Phi) is 4.42. The average Bonchev–Trinajstić information content (AvgIpc) is 3.30. The summed E-state index contributed by atoms with van der Waals surface area (Å²) in [5.41, 5.74) is 6.80. The van der Waals surface area contributed by atoms with Gasteiger partial charge in [0.2, 0.25) is 5.91 Å². The molecule has 4 heteroatoms. The Morgan fingerprint density at radius 1 is 1.20 bits per heavy atom. The molecule has 132 valence electrons. The number of hydrogen-bond donors (Lipinski definition) is 1. The van der Waals surface area contributed by atoms with Crippen LogP contribution in [0.5, 0.6) is 0 Å². The number of hydrogen-bond acceptors (Lipinski definition) is 3. The third-order valence-electron chi connectivity index (χ3n) is 6.14. The van der Waals surface area contributed by atoms with Crippen LogP contribution < -0.4 is 5.73 Å². The molecule has 0 unspecified atom stereocenters. The molecule has 1 amide bonds. The van der Waals surface area contributed by atoms with Gasteiger partial charge in [0, 0.05) is 28.4 Å². The molecule has 25 heavy (non-hydrogen) atoms. The van der Waals surface area contributed by atoms with Crippen molar-refractivity contribution in [3.63, 3.8) is 0 Å². The van der Waals surface area contributed by atoms with E-state index in [1.54, 1.807) is 0 Å². The van der Waals surface area contributed by atoms with Gasteiger partial charge in [-0.25, -0.2) is 0 Å². The van der Waals surface area contributed by atoms with Gasteiger partial charge in [-0.3, -0.25) is 9.69 Å². The van der Waals surface area contributed by atoms with Crippen LogP contribution >= 0.6 is 11.3 Å². The molecular formula is C21H26N2OS. The molecule has 3 nitrogen and oxygen atoms in total. The van der Waals surface area contributed by atoms with Gasteiger partial charge < -0.3 is 5.73 Å². The lowest BCUT2D eigenvalue weighted by atomic mass is 9.69. The standard InChI is InChI=1S/C21H26N2OS/c1-2-17-9-10-18(25-17)14-23-16-8-11-19(23)21(13-16,20(22)24)12-15-6-4-3-5-7-15/h3-7,9-10,16,19H,2,8,11-14H2,1H3,(H2,22,24)/t16-,19+,21+/m0/s1. The van der Waals surface area contributed by atoms with Gasteiger partial charge >= 0.3 is 0 Å². The molecule has 2 aliphatic heterocycles. The summed E-state index contributed by atoms with van der Waals surface area (Å²) in [4.78, 5) is 18.0. The number of nitrogens with two attached hydrogens (primary N) is 1. The minimum atomic E-state index is -0.408. The van der Waals surface area contributed by atoms with Gasteiger partial charge in [0.05, 0.1) is 5.41 Å². The third kappa shape index (κ3) is 2.91. The Labute approximate surface area is 153 Å². The Bertz CT molecular complexity index is 756. The fraction of sp³-hybridized carbons (Fsp3) is 0.476. The monoisotopic (exact) mass is 354 g/mol. The molecule has 4 rings (SSSR count).